The van der Waals surface area contributed by atoms with Gasteiger partial charge in [0.2, 0.25) is 5.91 Å². The second-order valence-electron chi connectivity index (χ2n) is 7.23. The van der Waals surface area contributed by atoms with Gasteiger partial charge in [0.25, 0.3) is 0 Å². The Morgan fingerprint density at radius 2 is 2.00 bits per heavy atom. The Kier molecular flexibility index (Phi) is 6.85. The summed E-state index contributed by atoms with van der Waals surface area (Å²) in [6.07, 6.45) is 3.60. The first-order chi connectivity index (χ1) is 11.9. The lowest BCUT2D eigenvalue weighted by atomic mass is 9.95. The van der Waals surface area contributed by atoms with Crippen LogP contribution in [0.3, 0.4) is 0 Å². The maximum Gasteiger partial charge on any atom is 0.217 e. The van der Waals surface area contributed by atoms with E-state index in [0.29, 0.717) is 12.3 Å². The molecule has 0 aromatic heterocycles. The van der Waals surface area contributed by atoms with Gasteiger partial charge in [0, 0.05) is 33.1 Å². The molecule has 1 aromatic rings. The van der Waals surface area contributed by atoms with Crippen LogP contribution in [-0.2, 0) is 11.2 Å². The number of piperidine rings is 1. The summed E-state index contributed by atoms with van der Waals surface area (Å²) in [5.41, 5.74) is 10.8. The van der Waals surface area contributed by atoms with E-state index in [4.69, 9.17) is 5.73 Å². The Morgan fingerprint density at radius 1 is 1.32 bits per heavy atom. The Morgan fingerprint density at radius 3 is 2.60 bits per heavy atom. The number of hydrogen-bond donors (Lipinski definition) is 2. The van der Waals surface area contributed by atoms with Gasteiger partial charge in [0.1, 0.15) is 0 Å². The predicted octanol–water partition coefficient (Wildman–Crippen LogP) is 2.32. The summed E-state index contributed by atoms with van der Waals surface area (Å²) in [5.74, 6) is 1.06. The molecule has 1 aliphatic rings. The van der Waals surface area contributed by atoms with Crippen molar-refractivity contribution in [2.45, 2.75) is 46.5 Å². The van der Waals surface area contributed by atoms with Gasteiger partial charge in [-0.1, -0.05) is 17.7 Å². The van der Waals surface area contributed by atoms with Gasteiger partial charge in [0.15, 0.2) is 5.96 Å². The molecule has 1 atom stereocenters. The molecule has 1 heterocycles. The summed E-state index contributed by atoms with van der Waals surface area (Å²) < 4.78 is 0. The minimum absolute atomic E-state index is 0.208. The second kappa shape index (κ2) is 8.88. The number of aryl methyl sites for hydroxylation is 3. The molecule has 0 saturated carbocycles. The topological polar surface area (TPSA) is 70.7 Å². The van der Waals surface area contributed by atoms with Crippen LogP contribution in [0.2, 0.25) is 0 Å². The molecule has 5 nitrogen and oxygen atoms in total. The van der Waals surface area contributed by atoms with Crippen molar-refractivity contribution in [1.29, 1.82) is 0 Å². The molecule has 1 unspecified atom stereocenters. The van der Waals surface area contributed by atoms with E-state index in [1.165, 1.54) is 22.3 Å². The fourth-order valence-electron chi connectivity index (χ4n) is 3.94. The number of nitrogens with one attached hydrogen (secondary N) is 1. The van der Waals surface area contributed by atoms with Gasteiger partial charge < -0.3 is 16.0 Å². The molecule has 1 aliphatic heterocycles. The van der Waals surface area contributed by atoms with Gasteiger partial charge in [0.05, 0.1) is 0 Å². The largest absolute Gasteiger partial charge is 0.370 e. The number of benzene rings is 1. The Balaban J connectivity index is 1.91. The summed E-state index contributed by atoms with van der Waals surface area (Å²) in [6, 6.07) is 4.49. The van der Waals surface area contributed by atoms with E-state index >= 15 is 0 Å². The van der Waals surface area contributed by atoms with Crippen LogP contribution in [0.25, 0.3) is 0 Å². The summed E-state index contributed by atoms with van der Waals surface area (Å²) in [5, 5.41) is 3.49. The smallest absolute Gasteiger partial charge is 0.217 e. The molecule has 0 aliphatic carbocycles. The number of carbonyl (C=O) groups is 1. The van der Waals surface area contributed by atoms with E-state index in [-0.39, 0.29) is 5.91 Å². The average Bonchev–Trinajstić information content (AvgIpc) is 2.53. The Bertz CT molecular complexity index is 616. The van der Waals surface area contributed by atoms with Crippen LogP contribution in [0.1, 0.15) is 41.5 Å². The third-order valence-corrected chi connectivity index (χ3v) is 5.02. The second-order valence-corrected chi connectivity index (χ2v) is 7.23. The first kappa shape index (κ1) is 19.3. The molecule has 138 valence electrons. The van der Waals surface area contributed by atoms with E-state index in [2.05, 4.69) is 48.1 Å². The van der Waals surface area contributed by atoms with Crippen LogP contribution in [0.4, 0.5) is 0 Å². The molecule has 25 heavy (non-hydrogen) atoms. The van der Waals surface area contributed by atoms with Gasteiger partial charge in [-0.3, -0.25) is 9.79 Å². The van der Waals surface area contributed by atoms with Crippen LogP contribution in [0.5, 0.6) is 0 Å². The van der Waals surface area contributed by atoms with E-state index in [0.717, 1.165) is 44.9 Å². The fraction of sp³-hybridized carbons (Fsp3) is 0.600. The van der Waals surface area contributed by atoms with Gasteiger partial charge in [-0.15, -0.1) is 0 Å². The molecule has 0 spiro atoms. The highest BCUT2D eigenvalue weighted by atomic mass is 16.1. The van der Waals surface area contributed by atoms with Crippen molar-refractivity contribution in [2.75, 3.05) is 26.7 Å². The fourth-order valence-corrected chi connectivity index (χ4v) is 3.94. The number of likely N-dealkylation sites (tertiary alicyclic amines) is 1. The van der Waals surface area contributed by atoms with E-state index in [1.807, 2.05) is 7.05 Å². The van der Waals surface area contributed by atoms with Crippen molar-refractivity contribution in [1.82, 2.24) is 10.2 Å². The molecule has 1 amide bonds. The van der Waals surface area contributed by atoms with Gasteiger partial charge in [-0.25, -0.2) is 0 Å². The average molecular weight is 345 g/mol. The number of hydrogen-bond acceptors (Lipinski definition) is 2. The lowest BCUT2D eigenvalue weighted by Crippen LogP contribution is -2.47. The van der Waals surface area contributed by atoms with Crippen molar-refractivity contribution in [3.05, 3.63) is 34.4 Å². The number of rotatable bonds is 5. The van der Waals surface area contributed by atoms with Gasteiger partial charge in [-0.05, 0) is 62.6 Å². The highest BCUT2D eigenvalue weighted by molar-refractivity contribution is 5.80. The summed E-state index contributed by atoms with van der Waals surface area (Å²) in [6.45, 7) is 9.20. The van der Waals surface area contributed by atoms with Gasteiger partial charge in [-0.2, -0.15) is 0 Å². The zero-order valence-electron chi connectivity index (χ0n) is 16.1. The minimum Gasteiger partial charge on any atom is -0.370 e. The van der Waals surface area contributed by atoms with Crippen LogP contribution >= 0.6 is 0 Å². The first-order valence-corrected chi connectivity index (χ1v) is 9.21. The quantitative estimate of drug-likeness (QED) is 0.636. The number of aliphatic imine (C=N–C) groups is 1. The number of amides is 1. The van der Waals surface area contributed by atoms with Crippen molar-refractivity contribution < 1.29 is 4.79 Å². The lowest BCUT2D eigenvalue weighted by Gasteiger charge is -2.34. The summed E-state index contributed by atoms with van der Waals surface area (Å²) >= 11 is 0. The van der Waals surface area contributed by atoms with Gasteiger partial charge >= 0.3 is 0 Å². The molecule has 3 N–H and O–H groups in total. The van der Waals surface area contributed by atoms with Crippen LogP contribution in [0, 0.1) is 26.7 Å². The zero-order chi connectivity index (χ0) is 18.4. The highest BCUT2D eigenvalue weighted by Gasteiger charge is 2.23. The number of nitrogens with zero attached hydrogens (tertiary/aromatic N) is 2. The molecule has 5 heteroatoms. The summed E-state index contributed by atoms with van der Waals surface area (Å²) in [4.78, 5) is 17.9. The predicted molar refractivity (Wildman–Crippen MR) is 104 cm³/mol. The lowest BCUT2D eigenvalue weighted by molar-refractivity contribution is -0.119. The van der Waals surface area contributed by atoms with E-state index in [9.17, 15) is 4.79 Å². The summed E-state index contributed by atoms with van der Waals surface area (Å²) in [7, 11) is 1.82. The molecule has 0 radical (unpaired) electrons. The van der Waals surface area contributed by atoms with E-state index < -0.39 is 0 Å². The van der Waals surface area contributed by atoms with Crippen molar-refractivity contribution in [3.8, 4) is 0 Å². The third-order valence-electron chi connectivity index (χ3n) is 5.02. The number of nitrogens with two attached hydrogens (primary N) is 1. The number of guanidine groups is 1. The van der Waals surface area contributed by atoms with Crippen LogP contribution < -0.4 is 11.1 Å². The van der Waals surface area contributed by atoms with Crippen LogP contribution in [-0.4, -0.2) is 43.4 Å². The number of primary amides is 1. The Hall–Kier alpha value is -2.04. The molecular formula is C20H32N4O. The molecule has 0 bridgehead atoms. The zero-order valence-corrected chi connectivity index (χ0v) is 16.1. The molecular weight excluding hydrogens is 312 g/mol. The normalized spacial score (nSPS) is 18.3. The third kappa shape index (κ3) is 5.48. The number of carbonyl (C=O) groups excluding carboxylic acids is 1. The standard InChI is InChI=1S/C20H32N4O/c1-14-10-15(2)18(16(3)11-14)7-8-23-20(22-4)24-9-5-6-17(13-24)12-19(21)25/h10-11,17H,5-9,12-13H2,1-4H3,(H2,21,25)(H,22,23). The van der Waals surface area contributed by atoms with E-state index in [1.54, 1.807) is 0 Å². The maximum atomic E-state index is 11.2. The van der Waals surface area contributed by atoms with Crippen molar-refractivity contribution >= 4 is 11.9 Å². The van der Waals surface area contributed by atoms with Crippen molar-refractivity contribution in [3.63, 3.8) is 0 Å². The van der Waals surface area contributed by atoms with Crippen molar-refractivity contribution in [2.24, 2.45) is 16.6 Å². The monoisotopic (exact) mass is 344 g/mol. The van der Waals surface area contributed by atoms with Crippen LogP contribution in [0.15, 0.2) is 17.1 Å². The molecule has 1 fully saturated rings. The Labute approximate surface area is 151 Å². The maximum absolute atomic E-state index is 11.2. The molecule has 1 saturated heterocycles. The highest BCUT2D eigenvalue weighted by Crippen LogP contribution is 2.20. The molecule has 2 rings (SSSR count). The molecule has 1 aromatic carbocycles. The minimum atomic E-state index is -0.208. The SMILES string of the molecule is CN=C(NCCc1c(C)cc(C)cc1C)N1CCCC(CC(N)=O)C1. The first-order valence-electron chi connectivity index (χ1n) is 9.21.